The molecule has 5 nitrogen and oxygen atoms in total. The predicted molar refractivity (Wildman–Crippen MR) is 95.0 cm³/mol. The minimum atomic E-state index is -4.72. The van der Waals surface area contributed by atoms with E-state index in [0.29, 0.717) is 21.3 Å². The molecule has 26 heavy (non-hydrogen) atoms. The second kappa shape index (κ2) is 6.17. The predicted octanol–water partition coefficient (Wildman–Crippen LogP) is 5.31. The SMILES string of the molecule is CCn1c(Nc2nc3ccc(OC(F)(F)F)cc3s2)nc2ccccc21. The van der Waals surface area contributed by atoms with Gasteiger partial charge in [0.2, 0.25) is 5.95 Å². The number of imidazole rings is 1. The van der Waals surface area contributed by atoms with E-state index in [-0.39, 0.29) is 5.75 Å². The quantitative estimate of drug-likeness (QED) is 0.523. The van der Waals surface area contributed by atoms with E-state index in [2.05, 4.69) is 20.0 Å². The van der Waals surface area contributed by atoms with Gasteiger partial charge in [0.25, 0.3) is 0 Å². The Morgan fingerprint density at radius 1 is 1.12 bits per heavy atom. The summed E-state index contributed by atoms with van der Waals surface area (Å²) in [5.41, 5.74) is 2.45. The topological polar surface area (TPSA) is 52.0 Å². The minimum absolute atomic E-state index is 0.263. The number of thiazole rings is 1. The van der Waals surface area contributed by atoms with Crippen molar-refractivity contribution in [3.63, 3.8) is 0 Å². The lowest BCUT2D eigenvalue weighted by Crippen LogP contribution is -2.16. The molecule has 2 aromatic carbocycles. The highest BCUT2D eigenvalue weighted by atomic mass is 32.1. The van der Waals surface area contributed by atoms with Crippen molar-refractivity contribution in [3.8, 4) is 5.75 Å². The number of aromatic nitrogens is 3. The number of hydrogen-bond donors (Lipinski definition) is 1. The zero-order chi connectivity index (χ0) is 18.3. The molecule has 0 atom stereocenters. The average molecular weight is 378 g/mol. The fraction of sp³-hybridized carbons (Fsp3) is 0.176. The normalized spacial score (nSPS) is 12.0. The van der Waals surface area contributed by atoms with E-state index in [9.17, 15) is 13.2 Å². The molecule has 1 N–H and O–H groups in total. The lowest BCUT2D eigenvalue weighted by molar-refractivity contribution is -0.274. The number of para-hydroxylation sites is 2. The molecule has 4 rings (SSSR count). The maximum atomic E-state index is 12.4. The number of hydrogen-bond acceptors (Lipinski definition) is 5. The highest BCUT2D eigenvalue weighted by Gasteiger charge is 2.31. The van der Waals surface area contributed by atoms with E-state index in [1.807, 2.05) is 35.8 Å². The first kappa shape index (κ1) is 16.6. The summed E-state index contributed by atoms with van der Waals surface area (Å²) < 4.78 is 43.6. The molecule has 0 spiro atoms. The van der Waals surface area contributed by atoms with Crippen molar-refractivity contribution in [2.45, 2.75) is 19.8 Å². The number of rotatable bonds is 4. The second-order valence-corrected chi connectivity index (χ2v) is 6.52. The second-order valence-electron chi connectivity index (χ2n) is 5.49. The van der Waals surface area contributed by atoms with E-state index in [1.165, 1.54) is 29.5 Å². The number of fused-ring (bicyclic) bond motifs is 2. The molecule has 9 heteroatoms. The molecule has 2 aromatic heterocycles. The average Bonchev–Trinajstić information content (AvgIpc) is 3.12. The summed E-state index contributed by atoms with van der Waals surface area (Å²) in [4.78, 5) is 8.97. The summed E-state index contributed by atoms with van der Waals surface area (Å²) >= 11 is 1.24. The first-order valence-corrected chi connectivity index (χ1v) is 8.63. The van der Waals surface area contributed by atoms with Gasteiger partial charge in [0.15, 0.2) is 5.13 Å². The van der Waals surface area contributed by atoms with Crippen LogP contribution >= 0.6 is 11.3 Å². The number of nitrogens with one attached hydrogen (secondary N) is 1. The summed E-state index contributed by atoms with van der Waals surface area (Å²) in [7, 11) is 0. The highest BCUT2D eigenvalue weighted by Crippen LogP contribution is 2.33. The number of nitrogens with zero attached hydrogens (tertiary/aromatic N) is 3. The van der Waals surface area contributed by atoms with Crippen molar-refractivity contribution in [1.29, 1.82) is 0 Å². The Balaban J connectivity index is 1.67. The van der Waals surface area contributed by atoms with Gasteiger partial charge < -0.3 is 14.6 Å². The van der Waals surface area contributed by atoms with E-state index in [1.54, 1.807) is 0 Å². The van der Waals surface area contributed by atoms with Crippen LogP contribution in [0.25, 0.3) is 21.3 Å². The Labute approximate surface area is 150 Å². The van der Waals surface area contributed by atoms with Crippen molar-refractivity contribution in [2.24, 2.45) is 0 Å². The number of benzene rings is 2. The van der Waals surface area contributed by atoms with Gasteiger partial charge in [-0.05, 0) is 31.2 Å². The first-order chi connectivity index (χ1) is 12.4. The number of ether oxygens (including phenoxy) is 1. The Bertz CT molecular complexity index is 1090. The summed E-state index contributed by atoms with van der Waals surface area (Å²) in [6, 6.07) is 11.8. The maximum Gasteiger partial charge on any atom is 0.573 e. The van der Waals surface area contributed by atoms with Gasteiger partial charge >= 0.3 is 6.36 Å². The van der Waals surface area contributed by atoms with Crippen molar-refractivity contribution in [1.82, 2.24) is 14.5 Å². The number of aryl methyl sites for hydroxylation is 1. The van der Waals surface area contributed by atoms with E-state index in [0.717, 1.165) is 17.6 Å². The summed E-state index contributed by atoms with van der Waals surface area (Å²) in [5.74, 6) is 0.375. The third-order valence-electron chi connectivity index (χ3n) is 3.78. The number of halogens is 3. The van der Waals surface area contributed by atoms with Crippen LogP contribution in [0.2, 0.25) is 0 Å². The number of anilines is 2. The van der Waals surface area contributed by atoms with Gasteiger partial charge in [-0.25, -0.2) is 9.97 Å². The highest BCUT2D eigenvalue weighted by molar-refractivity contribution is 7.22. The van der Waals surface area contributed by atoms with E-state index >= 15 is 0 Å². The molecular weight excluding hydrogens is 365 g/mol. The molecular formula is C17H13F3N4OS. The van der Waals surface area contributed by atoms with Crippen LogP contribution in [0, 0.1) is 0 Å². The molecule has 0 fully saturated rings. The Hall–Kier alpha value is -2.81. The molecule has 0 unspecified atom stereocenters. The molecule has 134 valence electrons. The van der Waals surface area contributed by atoms with Crippen LogP contribution in [-0.2, 0) is 6.54 Å². The molecule has 0 aliphatic heterocycles. The van der Waals surface area contributed by atoms with Gasteiger partial charge in [0, 0.05) is 12.6 Å². The van der Waals surface area contributed by atoms with Gasteiger partial charge in [0.1, 0.15) is 5.75 Å². The van der Waals surface area contributed by atoms with Crippen LogP contribution in [-0.4, -0.2) is 20.9 Å². The molecule has 0 bridgehead atoms. The molecule has 0 amide bonds. The van der Waals surface area contributed by atoms with Gasteiger partial charge in [-0.1, -0.05) is 23.5 Å². The lowest BCUT2D eigenvalue weighted by atomic mass is 10.3. The van der Waals surface area contributed by atoms with E-state index in [4.69, 9.17) is 0 Å². The Morgan fingerprint density at radius 2 is 1.92 bits per heavy atom. The fourth-order valence-electron chi connectivity index (χ4n) is 2.74. The summed E-state index contributed by atoms with van der Waals surface area (Å²) in [6.07, 6.45) is -4.72. The van der Waals surface area contributed by atoms with Crippen molar-refractivity contribution < 1.29 is 17.9 Å². The molecule has 0 radical (unpaired) electrons. The largest absolute Gasteiger partial charge is 0.573 e. The fourth-order valence-corrected chi connectivity index (χ4v) is 3.63. The van der Waals surface area contributed by atoms with E-state index < -0.39 is 6.36 Å². The first-order valence-electron chi connectivity index (χ1n) is 7.81. The van der Waals surface area contributed by atoms with Crippen molar-refractivity contribution >= 4 is 43.7 Å². The lowest BCUT2D eigenvalue weighted by Gasteiger charge is -2.07. The van der Waals surface area contributed by atoms with Crippen LogP contribution in [0.4, 0.5) is 24.3 Å². The molecule has 0 saturated heterocycles. The third-order valence-corrected chi connectivity index (χ3v) is 4.72. The van der Waals surface area contributed by atoms with Gasteiger partial charge in [-0.15, -0.1) is 13.2 Å². The van der Waals surface area contributed by atoms with Crippen molar-refractivity contribution in [2.75, 3.05) is 5.32 Å². The molecule has 0 aliphatic carbocycles. The van der Waals surface area contributed by atoms with Gasteiger partial charge in [-0.3, -0.25) is 0 Å². The molecule has 4 aromatic rings. The number of alkyl halides is 3. The smallest absolute Gasteiger partial charge is 0.406 e. The van der Waals surface area contributed by atoms with Gasteiger partial charge in [0.05, 0.1) is 21.3 Å². The third kappa shape index (κ3) is 3.17. The zero-order valence-corrected chi connectivity index (χ0v) is 14.4. The van der Waals surface area contributed by atoms with Crippen LogP contribution < -0.4 is 10.1 Å². The summed E-state index contributed by atoms with van der Waals surface area (Å²) in [5, 5.41) is 3.72. The van der Waals surface area contributed by atoms with Crippen LogP contribution in [0.15, 0.2) is 42.5 Å². The van der Waals surface area contributed by atoms with Gasteiger partial charge in [-0.2, -0.15) is 0 Å². The summed E-state index contributed by atoms with van der Waals surface area (Å²) in [6.45, 7) is 2.73. The molecule has 2 heterocycles. The molecule has 0 aliphatic rings. The maximum absolute atomic E-state index is 12.4. The molecule has 0 saturated carbocycles. The Morgan fingerprint density at radius 3 is 2.69 bits per heavy atom. The van der Waals surface area contributed by atoms with Crippen LogP contribution in [0.1, 0.15) is 6.92 Å². The Kier molecular flexibility index (Phi) is 3.95. The minimum Gasteiger partial charge on any atom is -0.406 e. The monoisotopic (exact) mass is 378 g/mol. The van der Waals surface area contributed by atoms with Crippen molar-refractivity contribution in [3.05, 3.63) is 42.5 Å². The standard InChI is InChI=1S/C17H13F3N4OS/c1-2-24-13-6-4-3-5-11(13)21-15(24)23-16-22-12-8-7-10(9-14(12)26-16)25-17(18,19)20/h3-9H,2H2,1H3,(H,21,22,23). The van der Waals surface area contributed by atoms with Crippen LogP contribution in [0.5, 0.6) is 5.75 Å². The van der Waals surface area contributed by atoms with Crippen LogP contribution in [0.3, 0.4) is 0 Å². The zero-order valence-electron chi connectivity index (χ0n) is 13.5.